The van der Waals surface area contributed by atoms with E-state index in [9.17, 15) is 14.7 Å². The molecule has 0 radical (unpaired) electrons. The number of pyridine rings is 1. The van der Waals surface area contributed by atoms with Gasteiger partial charge in [0.2, 0.25) is 0 Å². The summed E-state index contributed by atoms with van der Waals surface area (Å²) in [6.45, 7) is 0.604. The number of aliphatic hydroxyl groups excluding tert-OH is 2. The van der Waals surface area contributed by atoms with Crippen LogP contribution in [0.25, 0.3) is 0 Å². The van der Waals surface area contributed by atoms with E-state index in [0.717, 1.165) is 0 Å². The molecule has 7 heteroatoms. The second kappa shape index (κ2) is 9.11. The molecule has 0 saturated heterocycles. The van der Waals surface area contributed by atoms with Gasteiger partial charge in [0.1, 0.15) is 17.8 Å². The van der Waals surface area contributed by atoms with Crippen LogP contribution in [0.1, 0.15) is 28.4 Å². The highest BCUT2D eigenvalue weighted by Crippen LogP contribution is 2.07. The molecule has 6 nitrogen and oxygen atoms in total. The Labute approximate surface area is 155 Å². The molecule has 1 aromatic heterocycles. The summed E-state index contributed by atoms with van der Waals surface area (Å²) in [4.78, 5) is 27.7. The number of aliphatic hydroxyl groups is 2. The fourth-order valence-electron chi connectivity index (χ4n) is 2.09. The van der Waals surface area contributed by atoms with Gasteiger partial charge in [-0.3, -0.25) is 9.59 Å². The summed E-state index contributed by atoms with van der Waals surface area (Å²) in [5.41, 5.74) is 1.70. The lowest BCUT2D eigenvalue weighted by atomic mass is 10.1. The molecule has 1 heterocycles. The molecule has 0 aliphatic rings. The Balaban J connectivity index is 2.08. The van der Waals surface area contributed by atoms with Gasteiger partial charge in [0.15, 0.2) is 5.78 Å². The average Bonchev–Trinajstić information content (AvgIpc) is 2.65. The molecular weight excluding hydrogens is 356 g/mol. The molecule has 1 amide bonds. The Hall–Kier alpha value is -2.72. The first-order valence-corrected chi connectivity index (χ1v) is 8.14. The Morgan fingerprint density at radius 3 is 2.31 bits per heavy atom. The Morgan fingerprint density at radius 2 is 1.77 bits per heavy atom. The lowest BCUT2D eigenvalue weighted by molar-refractivity contribution is -0.125. The molecule has 1 aromatic carbocycles. The fraction of sp³-hybridized carbons (Fsp3) is 0.211. The minimum Gasteiger partial charge on any atom is -0.391 e. The zero-order valence-corrected chi connectivity index (χ0v) is 14.7. The Kier molecular flexibility index (Phi) is 6.87. The van der Waals surface area contributed by atoms with E-state index >= 15 is 0 Å². The summed E-state index contributed by atoms with van der Waals surface area (Å²) in [6.07, 6.45) is 0.447. The van der Waals surface area contributed by atoms with Crippen molar-refractivity contribution < 1.29 is 19.8 Å². The van der Waals surface area contributed by atoms with E-state index in [4.69, 9.17) is 16.7 Å². The normalized spacial score (nSPS) is 12.5. The predicted molar refractivity (Wildman–Crippen MR) is 96.7 cm³/mol. The predicted octanol–water partition coefficient (Wildman–Crippen LogP) is 1.18. The first-order chi connectivity index (χ1) is 12.4. The molecule has 26 heavy (non-hydrogen) atoms. The Bertz CT molecular complexity index is 837. The maximum atomic E-state index is 12.2. The number of Topliss-reactive ketones (excluding diaryl/α,β-unsaturated/α-hetero) is 1. The van der Waals surface area contributed by atoms with Crippen molar-refractivity contribution in [2.24, 2.45) is 0 Å². The van der Waals surface area contributed by atoms with Crippen LogP contribution in [0, 0.1) is 11.8 Å². The van der Waals surface area contributed by atoms with E-state index in [-0.39, 0.29) is 0 Å². The van der Waals surface area contributed by atoms with Gasteiger partial charge in [-0.1, -0.05) is 23.4 Å². The van der Waals surface area contributed by atoms with Crippen molar-refractivity contribution in [1.82, 2.24) is 10.3 Å². The van der Waals surface area contributed by atoms with Crippen LogP contribution >= 0.6 is 11.6 Å². The third-order valence-corrected chi connectivity index (χ3v) is 3.72. The molecule has 2 rings (SSSR count). The quantitative estimate of drug-likeness (QED) is 0.540. The monoisotopic (exact) mass is 372 g/mol. The van der Waals surface area contributed by atoms with Gasteiger partial charge in [-0.25, -0.2) is 4.98 Å². The number of carbonyl (C=O) groups is 2. The van der Waals surface area contributed by atoms with Crippen LogP contribution < -0.4 is 5.32 Å². The highest BCUT2D eigenvalue weighted by atomic mass is 35.5. The molecule has 0 saturated carbocycles. The number of aromatic nitrogens is 1. The van der Waals surface area contributed by atoms with Crippen molar-refractivity contribution >= 4 is 23.3 Å². The lowest BCUT2D eigenvalue weighted by Gasteiger charge is -2.19. The number of rotatable bonds is 5. The zero-order valence-electron chi connectivity index (χ0n) is 13.9. The van der Waals surface area contributed by atoms with Gasteiger partial charge in [-0.05, 0) is 43.3 Å². The smallest absolute Gasteiger partial charge is 0.251 e. The second-order valence-corrected chi connectivity index (χ2v) is 5.90. The van der Waals surface area contributed by atoms with Gasteiger partial charge >= 0.3 is 0 Å². The molecule has 0 aliphatic carbocycles. The third kappa shape index (κ3) is 5.39. The highest BCUT2D eigenvalue weighted by molar-refractivity contribution is 6.29. The fourth-order valence-corrected chi connectivity index (χ4v) is 2.20. The summed E-state index contributed by atoms with van der Waals surface area (Å²) in [5.74, 6) is 4.68. The number of carbonyl (C=O) groups excluding carboxylic acids is 2. The maximum Gasteiger partial charge on any atom is 0.251 e. The summed E-state index contributed by atoms with van der Waals surface area (Å²) in [7, 11) is 0. The average molecular weight is 373 g/mol. The number of halogens is 1. The third-order valence-electron chi connectivity index (χ3n) is 3.50. The van der Waals surface area contributed by atoms with E-state index in [1.54, 1.807) is 42.6 Å². The molecule has 0 unspecified atom stereocenters. The summed E-state index contributed by atoms with van der Waals surface area (Å²) in [6, 6.07) is 8.67. The standard InChI is InChI=1S/C19H17ClN2O4/c1-12(24)18(16(25)11-23)22-19(26)15-7-4-13(5-8-15)2-3-14-6-9-17(20)21-10-14/h4-10,12,18,23-24H,11H2,1H3,(H,22,26)/t12-,18+/m1/s1. The SMILES string of the molecule is C[C@@H](O)[C@H](NC(=O)c1ccc(C#Cc2ccc(Cl)nc2)cc1)C(=O)CO. The number of nitrogens with one attached hydrogen (secondary N) is 1. The van der Waals surface area contributed by atoms with E-state index in [2.05, 4.69) is 22.1 Å². The molecule has 134 valence electrons. The van der Waals surface area contributed by atoms with Gasteiger partial charge < -0.3 is 15.5 Å². The van der Waals surface area contributed by atoms with Crippen molar-refractivity contribution in [2.45, 2.75) is 19.1 Å². The molecular formula is C19H17ClN2O4. The van der Waals surface area contributed by atoms with Crippen molar-refractivity contribution in [2.75, 3.05) is 6.61 Å². The molecule has 2 aromatic rings. The van der Waals surface area contributed by atoms with Gasteiger partial charge in [0, 0.05) is 22.9 Å². The van der Waals surface area contributed by atoms with Crippen molar-refractivity contribution in [1.29, 1.82) is 0 Å². The number of amides is 1. The minimum atomic E-state index is -1.16. The Morgan fingerprint density at radius 1 is 1.15 bits per heavy atom. The summed E-state index contributed by atoms with van der Waals surface area (Å²) in [5, 5.41) is 21.3. The van der Waals surface area contributed by atoms with Crippen molar-refractivity contribution in [3.63, 3.8) is 0 Å². The van der Waals surface area contributed by atoms with Crippen LogP contribution in [0.4, 0.5) is 0 Å². The van der Waals surface area contributed by atoms with Crippen LogP contribution in [0.15, 0.2) is 42.6 Å². The van der Waals surface area contributed by atoms with E-state index in [0.29, 0.717) is 21.8 Å². The van der Waals surface area contributed by atoms with Crippen LogP contribution in [-0.2, 0) is 4.79 Å². The second-order valence-electron chi connectivity index (χ2n) is 5.51. The largest absolute Gasteiger partial charge is 0.391 e. The number of nitrogens with zero attached hydrogens (tertiary/aromatic N) is 1. The maximum absolute atomic E-state index is 12.2. The zero-order chi connectivity index (χ0) is 19.1. The van der Waals surface area contributed by atoms with Gasteiger partial charge in [0.25, 0.3) is 5.91 Å². The summed E-state index contributed by atoms with van der Waals surface area (Å²) >= 11 is 5.71. The number of benzene rings is 1. The van der Waals surface area contributed by atoms with Crippen molar-refractivity contribution in [3.8, 4) is 11.8 Å². The molecule has 0 spiro atoms. The molecule has 0 fully saturated rings. The number of ketones is 1. The number of hydrogen-bond acceptors (Lipinski definition) is 5. The van der Waals surface area contributed by atoms with Crippen LogP contribution in [0.2, 0.25) is 5.15 Å². The first kappa shape index (κ1) is 19.6. The minimum absolute atomic E-state index is 0.306. The topological polar surface area (TPSA) is 99.5 Å². The van der Waals surface area contributed by atoms with Gasteiger partial charge in [0.05, 0.1) is 6.10 Å². The van der Waals surface area contributed by atoms with Crippen LogP contribution in [0.5, 0.6) is 0 Å². The highest BCUT2D eigenvalue weighted by Gasteiger charge is 2.25. The molecule has 0 bridgehead atoms. The van der Waals surface area contributed by atoms with E-state index < -0.39 is 30.4 Å². The number of hydrogen-bond donors (Lipinski definition) is 3. The lowest BCUT2D eigenvalue weighted by Crippen LogP contribution is -2.48. The van der Waals surface area contributed by atoms with E-state index in [1.807, 2.05) is 0 Å². The first-order valence-electron chi connectivity index (χ1n) is 7.77. The van der Waals surface area contributed by atoms with Gasteiger partial charge in [-0.2, -0.15) is 0 Å². The van der Waals surface area contributed by atoms with Crippen LogP contribution in [-0.4, -0.2) is 45.6 Å². The van der Waals surface area contributed by atoms with Gasteiger partial charge in [-0.15, -0.1) is 0 Å². The van der Waals surface area contributed by atoms with E-state index in [1.165, 1.54) is 6.92 Å². The molecule has 2 atom stereocenters. The molecule has 3 N–H and O–H groups in total. The molecule has 0 aliphatic heterocycles. The summed E-state index contributed by atoms with van der Waals surface area (Å²) < 4.78 is 0. The van der Waals surface area contributed by atoms with Crippen molar-refractivity contribution in [3.05, 3.63) is 64.4 Å². The van der Waals surface area contributed by atoms with Crippen LogP contribution in [0.3, 0.4) is 0 Å².